The van der Waals surface area contributed by atoms with Crippen molar-refractivity contribution < 1.29 is 9.90 Å². The Morgan fingerprint density at radius 1 is 1.29 bits per heavy atom. The van der Waals surface area contributed by atoms with Gasteiger partial charge in [-0.2, -0.15) is 0 Å². The van der Waals surface area contributed by atoms with E-state index in [0.717, 1.165) is 16.6 Å². The van der Waals surface area contributed by atoms with Gasteiger partial charge in [-0.25, -0.2) is 0 Å². The number of nitrogens with one attached hydrogen (secondary N) is 1. The van der Waals surface area contributed by atoms with Crippen molar-refractivity contribution in [1.29, 1.82) is 0 Å². The number of pyridine rings is 1. The second-order valence-electron chi connectivity index (χ2n) is 6.43. The van der Waals surface area contributed by atoms with Crippen LogP contribution in [0.2, 0.25) is 0 Å². The van der Waals surface area contributed by atoms with Crippen molar-refractivity contribution >= 4 is 16.8 Å². The van der Waals surface area contributed by atoms with E-state index < -0.39 is 0 Å². The largest absolute Gasteiger partial charge is 0.394 e. The van der Waals surface area contributed by atoms with Crippen molar-refractivity contribution in [2.24, 2.45) is 5.41 Å². The molecule has 2 N–H and O–H groups in total. The predicted molar refractivity (Wildman–Crippen MR) is 84.3 cm³/mol. The minimum absolute atomic E-state index is 0.0798. The highest BCUT2D eigenvalue weighted by Crippen LogP contribution is 2.20. The number of hydrogen-bond donors (Lipinski definition) is 2. The number of carbonyl (C=O) groups is 1. The summed E-state index contributed by atoms with van der Waals surface area (Å²) < 4.78 is 0. The van der Waals surface area contributed by atoms with E-state index in [-0.39, 0.29) is 24.0 Å². The van der Waals surface area contributed by atoms with Crippen molar-refractivity contribution in [1.82, 2.24) is 10.3 Å². The van der Waals surface area contributed by atoms with Gasteiger partial charge in [-0.05, 0) is 36.6 Å². The number of aliphatic hydroxyl groups excluding tert-OH is 1. The first-order chi connectivity index (χ1) is 9.81. The lowest BCUT2D eigenvalue weighted by atomic mass is 9.87. The smallest absolute Gasteiger partial charge is 0.251 e. The molecule has 1 amide bonds. The van der Waals surface area contributed by atoms with Gasteiger partial charge in [-0.15, -0.1) is 0 Å². The monoisotopic (exact) mass is 286 g/mol. The molecule has 0 saturated heterocycles. The Labute approximate surface area is 125 Å². The summed E-state index contributed by atoms with van der Waals surface area (Å²) in [4.78, 5) is 16.7. The van der Waals surface area contributed by atoms with E-state index in [1.165, 1.54) is 0 Å². The average molecular weight is 286 g/mol. The molecule has 0 radical (unpaired) electrons. The number of fused-ring (bicyclic) bond motifs is 1. The number of carbonyl (C=O) groups excluding carboxylic acids is 1. The number of nitrogens with zero attached hydrogens (tertiary/aromatic N) is 1. The molecule has 1 aromatic heterocycles. The third-order valence-corrected chi connectivity index (χ3v) is 3.62. The van der Waals surface area contributed by atoms with E-state index in [4.69, 9.17) is 0 Å². The van der Waals surface area contributed by atoms with Gasteiger partial charge in [0, 0.05) is 16.6 Å². The first kappa shape index (κ1) is 15.4. The maximum Gasteiger partial charge on any atom is 0.251 e. The molecule has 4 nitrogen and oxygen atoms in total. The molecule has 4 heteroatoms. The zero-order valence-corrected chi connectivity index (χ0v) is 13.0. The Bertz CT molecular complexity index is 659. The van der Waals surface area contributed by atoms with Crippen LogP contribution in [0.15, 0.2) is 30.3 Å². The molecule has 1 heterocycles. The summed E-state index contributed by atoms with van der Waals surface area (Å²) >= 11 is 0. The standard InChI is InChI=1S/C17H22N2O2/c1-11-5-6-12-9-13(7-8-14(12)18-11)16(21)19-15(10-20)17(2,3)4/h5-9,15,20H,10H2,1-4H3,(H,19,21)/t15-/m1/s1. The van der Waals surface area contributed by atoms with Crippen molar-refractivity contribution in [3.63, 3.8) is 0 Å². The lowest BCUT2D eigenvalue weighted by molar-refractivity contribution is 0.0848. The molecule has 0 saturated carbocycles. The Morgan fingerprint density at radius 3 is 2.62 bits per heavy atom. The topological polar surface area (TPSA) is 62.2 Å². The SMILES string of the molecule is Cc1ccc2cc(C(=O)N[C@H](CO)C(C)(C)C)ccc2n1. The van der Waals surface area contributed by atoms with Crippen LogP contribution in [0.25, 0.3) is 10.9 Å². The van der Waals surface area contributed by atoms with Crippen molar-refractivity contribution in [3.05, 3.63) is 41.6 Å². The molecule has 2 aromatic rings. The maximum atomic E-state index is 12.3. The van der Waals surface area contributed by atoms with Gasteiger partial charge >= 0.3 is 0 Å². The van der Waals surface area contributed by atoms with Gasteiger partial charge in [-0.1, -0.05) is 26.8 Å². The van der Waals surface area contributed by atoms with E-state index in [2.05, 4.69) is 10.3 Å². The van der Waals surface area contributed by atoms with Crippen molar-refractivity contribution in [2.45, 2.75) is 33.7 Å². The van der Waals surface area contributed by atoms with E-state index in [1.807, 2.05) is 52.0 Å². The predicted octanol–water partition coefficient (Wildman–Crippen LogP) is 2.68. The summed E-state index contributed by atoms with van der Waals surface area (Å²) in [6.07, 6.45) is 0. The summed E-state index contributed by atoms with van der Waals surface area (Å²) in [6, 6.07) is 9.05. The average Bonchev–Trinajstić information content (AvgIpc) is 2.42. The van der Waals surface area contributed by atoms with Crippen LogP contribution in [0.4, 0.5) is 0 Å². The van der Waals surface area contributed by atoms with E-state index in [1.54, 1.807) is 6.07 Å². The number of rotatable bonds is 3. The van der Waals surface area contributed by atoms with Crippen LogP contribution in [0.1, 0.15) is 36.8 Å². The number of aromatic nitrogens is 1. The van der Waals surface area contributed by atoms with Crippen LogP contribution in [0.3, 0.4) is 0 Å². The van der Waals surface area contributed by atoms with Crippen LogP contribution >= 0.6 is 0 Å². The number of hydrogen-bond acceptors (Lipinski definition) is 3. The van der Waals surface area contributed by atoms with Crippen LogP contribution in [0, 0.1) is 12.3 Å². The molecular weight excluding hydrogens is 264 g/mol. The molecule has 112 valence electrons. The molecule has 1 aromatic carbocycles. The van der Waals surface area contributed by atoms with Gasteiger partial charge in [0.2, 0.25) is 0 Å². The molecule has 0 fully saturated rings. The van der Waals surface area contributed by atoms with Crippen LogP contribution in [-0.4, -0.2) is 28.6 Å². The van der Waals surface area contributed by atoms with Gasteiger partial charge < -0.3 is 10.4 Å². The fourth-order valence-electron chi connectivity index (χ4n) is 2.15. The zero-order chi connectivity index (χ0) is 15.6. The summed E-state index contributed by atoms with van der Waals surface area (Å²) in [5.41, 5.74) is 2.21. The van der Waals surface area contributed by atoms with Crippen molar-refractivity contribution in [3.8, 4) is 0 Å². The van der Waals surface area contributed by atoms with Crippen LogP contribution in [-0.2, 0) is 0 Å². The fourth-order valence-corrected chi connectivity index (χ4v) is 2.15. The van der Waals surface area contributed by atoms with E-state index >= 15 is 0 Å². The second-order valence-corrected chi connectivity index (χ2v) is 6.43. The number of benzene rings is 1. The Hall–Kier alpha value is -1.94. The molecule has 0 unspecified atom stereocenters. The van der Waals surface area contributed by atoms with Crippen molar-refractivity contribution in [2.75, 3.05) is 6.61 Å². The summed E-state index contributed by atoms with van der Waals surface area (Å²) in [6.45, 7) is 7.82. The third kappa shape index (κ3) is 3.58. The molecule has 0 aliphatic rings. The van der Waals surface area contributed by atoms with Gasteiger partial charge in [0.25, 0.3) is 5.91 Å². The third-order valence-electron chi connectivity index (χ3n) is 3.62. The molecule has 21 heavy (non-hydrogen) atoms. The summed E-state index contributed by atoms with van der Waals surface area (Å²) in [5, 5.41) is 13.3. The zero-order valence-electron chi connectivity index (χ0n) is 13.0. The highest BCUT2D eigenvalue weighted by molar-refractivity contribution is 5.98. The van der Waals surface area contributed by atoms with Gasteiger partial charge in [0.15, 0.2) is 0 Å². The molecule has 0 spiro atoms. The number of aliphatic hydroxyl groups is 1. The molecule has 0 bridgehead atoms. The molecule has 0 aliphatic carbocycles. The summed E-state index contributed by atoms with van der Waals surface area (Å²) in [5.74, 6) is -0.175. The Morgan fingerprint density at radius 2 is 2.00 bits per heavy atom. The molecule has 0 aliphatic heterocycles. The van der Waals surface area contributed by atoms with Gasteiger partial charge in [-0.3, -0.25) is 9.78 Å². The minimum Gasteiger partial charge on any atom is -0.394 e. The normalized spacial score (nSPS) is 13.2. The lowest BCUT2D eigenvalue weighted by Crippen LogP contribution is -2.46. The highest BCUT2D eigenvalue weighted by atomic mass is 16.3. The first-order valence-electron chi connectivity index (χ1n) is 7.10. The quantitative estimate of drug-likeness (QED) is 0.912. The molecular formula is C17H22N2O2. The van der Waals surface area contributed by atoms with Crippen LogP contribution < -0.4 is 5.32 Å². The molecule has 1 atom stereocenters. The maximum absolute atomic E-state index is 12.3. The first-order valence-corrected chi connectivity index (χ1v) is 7.10. The molecule has 2 rings (SSSR count). The van der Waals surface area contributed by atoms with Gasteiger partial charge in [0.1, 0.15) is 0 Å². The number of amides is 1. The van der Waals surface area contributed by atoms with E-state index in [9.17, 15) is 9.90 Å². The van der Waals surface area contributed by atoms with Gasteiger partial charge in [0.05, 0.1) is 18.2 Å². The van der Waals surface area contributed by atoms with E-state index in [0.29, 0.717) is 5.56 Å². The Balaban J connectivity index is 2.25. The summed E-state index contributed by atoms with van der Waals surface area (Å²) in [7, 11) is 0. The fraction of sp³-hybridized carbons (Fsp3) is 0.412. The second kappa shape index (κ2) is 5.82. The highest BCUT2D eigenvalue weighted by Gasteiger charge is 2.25. The number of aryl methyl sites for hydroxylation is 1. The lowest BCUT2D eigenvalue weighted by Gasteiger charge is -2.29. The van der Waals surface area contributed by atoms with Crippen LogP contribution in [0.5, 0.6) is 0 Å². The Kier molecular flexibility index (Phi) is 4.28. The minimum atomic E-state index is -0.281.